The van der Waals surface area contributed by atoms with Gasteiger partial charge in [0.25, 0.3) is 0 Å². The van der Waals surface area contributed by atoms with Crippen LogP contribution in [0.3, 0.4) is 0 Å². The van der Waals surface area contributed by atoms with Gasteiger partial charge in [-0.2, -0.15) is 0 Å². The highest BCUT2D eigenvalue weighted by Crippen LogP contribution is 2.46. The van der Waals surface area contributed by atoms with Crippen LogP contribution in [0.25, 0.3) is 0 Å². The van der Waals surface area contributed by atoms with Crippen molar-refractivity contribution in [1.29, 1.82) is 0 Å². The van der Waals surface area contributed by atoms with Gasteiger partial charge in [0.1, 0.15) is 6.10 Å². The summed E-state index contributed by atoms with van der Waals surface area (Å²) in [7, 11) is 0. The molecule has 4 nitrogen and oxygen atoms in total. The van der Waals surface area contributed by atoms with Gasteiger partial charge in [0.15, 0.2) is 5.79 Å². The first kappa shape index (κ1) is 9.09. The van der Waals surface area contributed by atoms with Gasteiger partial charge in [0.05, 0.1) is 12.7 Å². The van der Waals surface area contributed by atoms with Gasteiger partial charge < -0.3 is 19.9 Å². The van der Waals surface area contributed by atoms with Crippen LogP contribution in [0.15, 0.2) is 0 Å². The van der Waals surface area contributed by atoms with E-state index >= 15 is 0 Å². The zero-order chi connectivity index (χ0) is 9.92. The van der Waals surface area contributed by atoms with E-state index in [1.807, 2.05) is 13.8 Å². The Hall–Kier alpha value is -0.160. The second-order valence-electron chi connectivity index (χ2n) is 5.03. The number of ether oxygens (including phenoxy) is 2. The summed E-state index contributed by atoms with van der Waals surface area (Å²) in [5.74, 6) is -0.0186. The van der Waals surface area contributed by atoms with Gasteiger partial charge >= 0.3 is 0 Å². The summed E-state index contributed by atoms with van der Waals surface area (Å²) in [6.07, 6.45) is 1.46. The van der Waals surface area contributed by atoms with Crippen molar-refractivity contribution in [1.82, 2.24) is 5.32 Å². The first-order chi connectivity index (χ1) is 6.61. The van der Waals surface area contributed by atoms with Crippen LogP contribution in [0.2, 0.25) is 0 Å². The van der Waals surface area contributed by atoms with Crippen LogP contribution in [0, 0.1) is 5.92 Å². The van der Waals surface area contributed by atoms with E-state index in [1.54, 1.807) is 0 Å². The predicted molar refractivity (Wildman–Crippen MR) is 49.7 cm³/mol. The molecule has 5 unspecified atom stereocenters. The summed E-state index contributed by atoms with van der Waals surface area (Å²) in [6, 6.07) is 0.586. The third-order valence-corrected chi connectivity index (χ3v) is 3.65. The highest BCUT2D eigenvalue weighted by Gasteiger charge is 2.59. The Morgan fingerprint density at radius 3 is 2.79 bits per heavy atom. The molecule has 2 bridgehead atoms. The third kappa shape index (κ3) is 1.08. The van der Waals surface area contributed by atoms with E-state index in [9.17, 15) is 5.11 Å². The van der Waals surface area contributed by atoms with Crippen molar-refractivity contribution in [3.63, 3.8) is 0 Å². The van der Waals surface area contributed by atoms with E-state index < -0.39 is 5.79 Å². The topological polar surface area (TPSA) is 50.7 Å². The molecule has 0 aromatic carbocycles. The molecular formula is C10H17NO3. The Morgan fingerprint density at radius 2 is 2.07 bits per heavy atom. The van der Waals surface area contributed by atoms with Crippen LogP contribution >= 0.6 is 0 Å². The molecule has 4 heteroatoms. The number of piperidine rings is 1. The molecule has 2 aliphatic heterocycles. The lowest BCUT2D eigenvalue weighted by atomic mass is 9.97. The van der Waals surface area contributed by atoms with Crippen LogP contribution in [0.1, 0.15) is 20.3 Å². The molecule has 14 heavy (non-hydrogen) atoms. The van der Waals surface area contributed by atoms with Crippen molar-refractivity contribution in [3.05, 3.63) is 0 Å². The van der Waals surface area contributed by atoms with E-state index in [2.05, 4.69) is 5.32 Å². The molecule has 0 aromatic heterocycles. The smallest absolute Gasteiger partial charge is 0.163 e. The minimum absolute atomic E-state index is 0.188. The Kier molecular flexibility index (Phi) is 1.75. The molecule has 5 atom stereocenters. The fourth-order valence-corrected chi connectivity index (χ4v) is 3.16. The largest absolute Gasteiger partial charge is 0.395 e. The summed E-state index contributed by atoms with van der Waals surface area (Å²) >= 11 is 0. The first-order valence-electron chi connectivity index (χ1n) is 5.33. The Morgan fingerprint density at radius 1 is 1.36 bits per heavy atom. The Labute approximate surface area is 83.6 Å². The van der Waals surface area contributed by atoms with Crippen molar-refractivity contribution >= 4 is 0 Å². The van der Waals surface area contributed by atoms with E-state index in [4.69, 9.17) is 9.47 Å². The van der Waals surface area contributed by atoms with Crippen LogP contribution in [-0.2, 0) is 9.47 Å². The summed E-state index contributed by atoms with van der Waals surface area (Å²) in [5, 5.41) is 12.6. The molecule has 0 amide bonds. The maximum absolute atomic E-state index is 9.18. The molecule has 2 heterocycles. The number of hydrogen-bond acceptors (Lipinski definition) is 4. The summed E-state index contributed by atoms with van der Waals surface area (Å²) in [6.45, 7) is 4.12. The minimum Gasteiger partial charge on any atom is -0.395 e. The van der Waals surface area contributed by atoms with Gasteiger partial charge in [0.2, 0.25) is 0 Å². The lowest BCUT2D eigenvalue weighted by Crippen LogP contribution is -2.51. The van der Waals surface area contributed by atoms with Crippen LogP contribution in [0.4, 0.5) is 0 Å². The lowest BCUT2D eigenvalue weighted by molar-refractivity contribution is -0.155. The fraction of sp³-hybridized carbons (Fsp3) is 1.00. The maximum atomic E-state index is 9.18. The molecular weight excluding hydrogens is 182 g/mol. The second kappa shape index (κ2) is 2.70. The molecule has 2 saturated heterocycles. The van der Waals surface area contributed by atoms with Crippen molar-refractivity contribution in [3.8, 4) is 0 Å². The number of aliphatic hydroxyl groups is 1. The minimum atomic E-state index is -0.446. The maximum Gasteiger partial charge on any atom is 0.163 e. The van der Waals surface area contributed by atoms with Gasteiger partial charge in [-0.3, -0.25) is 0 Å². The van der Waals surface area contributed by atoms with Gasteiger partial charge in [-0.1, -0.05) is 0 Å². The molecule has 2 N–H and O–H groups in total. The average Bonchev–Trinajstić information content (AvgIpc) is 2.70. The molecule has 1 saturated carbocycles. The highest BCUT2D eigenvalue weighted by atomic mass is 16.8. The summed E-state index contributed by atoms with van der Waals surface area (Å²) < 4.78 is 11.7. The van der Waals surface area contributed by atoms with Gasteiger partial charge in [0, 0.05) is 18.0 Å². The number of hydrogen-bond donors (Lipinski definition) is 2. The van der Waals surface area contributed by atoms with E-state index in [-0.39, 0.29) is 24.9 Å². The van der Waals surface area contributed by atoms with Gasteiger partial charge in [-0.05, 0) is 20.3 Å². The standard InChI is InChI=1S/C10H17NO3/c1-10(2)13-8-5-3-6(9(8)14-10)11-7(5)4-12/h5-9,11-12H,3-4H2,1-2H3. The molecule has 1 aliphatic carbocycles. The Balaban J connectivity index is 1.82. The van der Waals surface area contributed by atoms with Crippen molar-refractivity contribution in [2.24, 2.45) is 5.92 Å². The van der Waals surface area contributed by atoms with Gasteiger partial charge in [-0.15, -0.1) is 0 Å². The number of fused-ring (bicyclic) bond motifs is 5. The summed E-state index contributed by atoms with van der Waals surface area (Å²) in [4.78, 5) is 0. The second-order valence-corrected chi connectivity index (χ2v) is 5.03. The van der Waals surface area contributed by atoms with Crippen molar-refractivity contribution in [2.45, 2.75) is 50.3 Å². The molecule has 0 aromatic rings. The number of nitrogens with one attached hydrogen (secondary N) is 1. The van der Waals surface area contributed by atoms with Crippen molar-refractivity contribution < 1.29 is 14.6 Å². The third-order valence-electron chi connectivity index (χ3n) is 3.65. The lowest BCUT2D eigenvalue weighted by Gasteiger charge is -2.28. The van der Waals surface area contributed by atoms with E-state index in [1.165, 1.54) is 0 Å². The van der Waals surface area contributed by atoms with E-state index in [0.717, 1.165) is 6.42 Å². The fourth-order valence-electron chi connectivity index (χ4n) is 3.16. The van der Waals surface area contributed by atoms with Crippen LogP contribution in [-0.4, -0.2) is 41.8 Å². The normalized spacial score (nSPS) is 53.8. The number of aliphatic hydroxyl groups excluding tert-OH is 1. The SMILES string of the molecule is CC1(C)OC2C3CC(C(CO)N3)C2O1. The average molecular weight is 199 g/mol. The quantitative estimate of drug-likeness (QED) is 0.617. The first-order valence-corrected chi connectivity index (χ1v) is 5.33. The van der Waals surface area contributed by atoms with Crippen LogP contribution < -0.4 is 5.32 Å². The molecule has 3 fully saturated rings. The van der Waals surface area contributed by atoms with E-state index in [0.29, 0.717) is 12.0 Å². The van der Waals surface area contributed by atoms with Crippen LogP contribution in [0.5, 0.6) is 0 Å². The molecule has 0 radical (unpaired) electrons. The molecule has 0 spiro atoms. The monoisotopic (exact) mass is 199 g/mol. The zero-order valence-electron chi connectivity index (χ0n) is 8.56. The molecule has 80 valence electrons. The highest BCUT2D eigenvalue weighted by molar-refractivity contribution is 5.11. The Bertz CT molecular complexity index is 254. The molecule has 3 rings (SSSR count). The van der Waals surface area contributed by atoms with Crippen molar-refractivity contribution in [2.75, 3.05) is 6.61 Å². The van der Waals surface area contributed by atoms with Gasteiger partial charge in [-0.25, -0.2) is 0 Å². The summed E-state index contributed by atoms with van der Waals surface area (Å²) in [5.41, 5.74) is 0. The molecule has 3 aliphatic rings. The predicted octanol–water partition coefficient (Wildman–Crippen LogP) is -0.141. The number of rotatable bonds is 1. The zero-order valence-corrected chi connectivity index (χ0v) is 8.56.